The molecule has 1 heterocycles. The summed E-state index contributed by atoms with van der Waals surface area (Å²) in [6.45, 7) is 4.42. The van der Waals surface area contributed by atoms with Crippen LogP contribution in [0.2, 0.25) is 0 Å². The van der Waals surface area contributed by atoms with Crippen LogP contribution >= 0.6 is 0 Å². The summed E-state index contributed by atoms with van der Waals surface area (Å²) in [6, 6.07) is 4.81. The van der Waals surface area contributed by atoms with Gasteiger partial charge in [-0.25, -0.2) is 4.79 Å². The summed E-state index contributed by atoms with van der Waals surface area (Å²) in [5.74, 6) is 0.292. The van der Waals surface area contributed by atoms with E-state index in [4.69, 9.17) is 4.74 Å². The highest BCUT2D eigenvalue weighted by molar-refractivity contribution is 5.98. The van der Waals surface area contributed by atoms with Gasteiger partial charge in [0.25, 0.3) is 0 Å². The predicted molar refractivity (Wildman–Crippen MR) is 124 cm³/mol. The van der Waals surface area contributed by atoms with E-state index in [-0.39, 0.29) is 42.4 Å². The number of aldehydes is 1. The second kappa shape index (κ2) is 11.3. The van der Waals surface area contributed by atoms with Gasteiger partial charge in [-0.15, -0.1) is 0 Å². The number of urea groups is 1. The number of carbonyl (C=O) groups excluding carboxylic acids is 4. The van der Waals surface area contributed by atoms with Crippen molar-refractivity contribution in [2.45, 2.75) is 77.4 Å². The van der Waals surface area contributed by atoms with Crippen LogP contribution in [0.1, 0.15) is 74.7 Å². The van der Waals surface area contributed by atoms with Crippen LogP contribution in [0.3, 0.4) is 0 Å². The number of benzene rings is 1. The smallest absolute Gasteiger partial charge is 0.327 e. The van der Waals surface area contributed by atoms with Gasteiger partial charge in [-0.3, -0.25) is 19.3 Å². The van der Waals surface area contributed by atoms with Crippen LogP contribution in [0, 0.1) is 5.92 Å². The minimum Gasteiger partial charge on any atom is -0.496 e. The first kappa shape index (κ1) is 24.7. The van der Waals surface area contributed by atoms with Gasteiger partial charge in [0.1, 0.15) is 12.0 Å². The number of fused-ring (bicyclic) bond motifs is 1. The van der Waals surface area contributed by atoms with E-state index in [1.165, 1.54) is 4.90 Å². The molecule has 0 aromatic heterocycles. The number of imide groups is 1. The second-order valence-corrected chi connectivity index (χ2v) is 9.23. The molecule has 1 N–H and O–H groups in total. The zero-order chi connectivity index (χ0) is 24.0. The lowest BCUT2D eigenvalue weighted by Gasteiger charge is -2.47. The van der Waals surface area contributed by atoms with E-state index < -0.39 is 0 Å². The summed E-state index contributed by atoms with van der Waals surface area (Å²) >= 11 is 0. The van der Waals surface area contributed by atoms with Gasteiger partial charge in [-0.05, 0) is 57.7 Å². The standard InChI is InChI=1S/C25H35N3O5/c1-17(2)26-23(30)10-6-7-13-27-24(31)20-8-4-5-9-21(20)28(25(27)32)15-19-14-18(16-29)11-12-22(19)33-3/h11-12,14,16-17,20-21H,4-10,13,15H2,1-3H3,(H,26,30). The number of methoxy groups -OCH3 is 1. The summed E-state index contributed by atoms with van der Waals surface area (Å²) in [5.41, 5.74) is 1.27. The first-order valence-corrected chi connectivity index (χ1v) is 11.9. The van der Waals surface area contributed by atoms with Crippen LogP contribution in [0.25, 0.3) is 0 Å². The zero-order valence-electron chi connectivity index (χ0n) is 19.8. The summed E-state index contributed by atoms with van der Waals surface area (Å²) < 4.78 is 5.46. The number of carbonyl (C=O) groups is 4. The molecule has 8 heteroatoms. The van der Waals surface area contributed by atoms with Crippen LogP contribution in [0.15, 0.2) is 18.2 Å². The molecule has 1 aromatic carbocycles. The Kier molecular flexibility index (Phi) is 8.47. The van der Waals surface area contributed by atoms with Crippen molar-refractivity contribution >= 4 is 24.1 Å². The molecule has 33 heavy (non-hydrogen) atoms. The topological polar surface area (TPSA) is 96.0 Å². The van der Waals surface area contributed by atoms with Crippen molar-refractivity contribution < 1.29 is 23.9 Å². The van der Waals surface area contributed by atoms with Gasteiger partial charge in [-0.2, -0.15) is 0 Å². The number of nitrogens with one attached hydrogen (secondary N) is 1. The molecule has 180 valence electrons. The predicted octanol–water partition coefficient (Wildman–Crippen LogP) is 3.53. The Morgan fingerprint density at radius 1 is 1.21 bits per heavy atom. The minimum absolute atomic E-state index is 0.0163. The number of hydrogen-bond acceptors (Lipinski definition) is 5. The second-order valence-electron chi connectivity index (χ2n) is 9.23. The number of amides is 4. The Morgan fingerprint density at radius 3 is 2.67 bits per heavy atom. The van der Waals surface area contributed by atoms with Crippen LogP contribution in [0.4, 0.5) is 4.79 Å². The van der Waals surface area contributed by atoms with Crippen LogP contribution in [-0.2, 0) is 16.1 Å². The summed E-state index contributed by atoms with van der Waals surface area (Å²) in [6.07, 6.45) is 5.86. The average Bonchev–Trinajstić information content (AvgIpc) is 2.80. The zero-order valence-corrected chi connectivity index (χ0v) is 19.8. The monoisotopic (exact) mass is 457 g/mol. The molecular weight excluding hydrogens is 422 g/mol. The largest absolute Gasteiger partial charge is 0.496 e. The van der Waals surface area contributed by atoms with Gasteiger partial charge < -0.3 is 15.0 Å². The number of unbranched alkanes of at least 4 members (excludes halogenated alkanes) is 1. The van der Waals surface area contributed by atoms with Crippen molar-refractivity contribution in [3.8, 4) is 5.75 Å². The Bertz CT molecular complexity index is 885. The molecule has 8 nitrogen and oxygen atoms in total. The molecule has 4 amide bonds. The van der Waals surface area contributed by atoms with E-state index in [1.807, 2.05) is 13.8 Å². The van der Waals surface area contributed by atoms with Gasteiger partial charge in [0.15, 0.2) is 0 Å². The van der Waals surface area contributed by atoms with Crippen LogP contribution < -0.4 is 10.1 Å². The maximum Gasteiger partial charge on any atom is 0.327 e. The maximum absolute atomic E-state index is 13.5. The highest BCUT2D eigenvalue weighted by Gasteiger charge is 2.46. The maximum atomic E-state index is 13.5. The first-order chi connectivity index (χ1) is 15.8. The van der Waals surface area contributed by atoms with E-state index in [9.17, 15) is 19.2 Å². The lowest BCUT2D eigenvalue weighted by molar-refractivity contribution is -0.140. The van der Waals surface area contributed by atoms with Gasteiger partial charge in [0.2, 0.25) is 11.8 Å². The van der Waals surface area contributed by atoms with E-state index in [0.29, 0.717) is 37.1 Å². The highest BCUT2D eigenvalue weighted by atomic mass is 16.5. The third-order valence-corrected chi connectivity index (χ3v) is 6.46. The highest BCUT2D eigenvalue weighted by Crippen LogP contribution is 2.36. The van der Waals surface area contributed by atoms with E-state index >= 15 is 0 Å². The van der Waals surface area contributed by atoms with Crippen LogP contribution in [0.5, 0.6) is 5.75 Å². The first-order valence-electron chi connectivity index (χ1n) is 11.9. The molecule has 1 aliphatic heterocycles. The van der Waals surface area contributed by atoms with Crippen molar-refractivity contribution in [3.05, 3.63) is 29.3 Å². The Labute approximate surface area is 195 Å². The van der Waals surface area contributed by atoms with Crippen molar-refractivity contribution in [1.82, 2.24) is 15.1 Å². The Morgan fingerprint density at radius 2 is 1.97 bits per heavy atom. The quantitative estimate of drug-likeness (QED) is 0.428. The fraction of sp³-hybridized carbons (Fsp3) is 0.600. The number of hydrogen-bond donors (Lipinski definition) is 1. The fourth-order valence-electron chi connectivity index (χ4n) is 4.88. The molecule has 1 saturated heterocycles. The number of ether oxygens (including phenoxy) is 1. The van der Waals surface area contributed by atoms with Crippen molar-refractivity contribution in [1.29, 1.82) is 0 Å². The van der Waals surface area contributed by atoms with E-state index in [2.05, 4.69) is 5.32 Å². The van der Waals surface area contributed by atoms with Gasteiger partial charge in [0.05, 0.1) is 19.6 Å². The average molecular weight is 458 g/mol. The van der Waals surface area contributed by atoms with Crippen molar-refractivity contribution in [3.63, 3.8) is 0 Å². The summed E-state index contributed by atoms with van der Waals surface area (Å²) in [7, 11) is 1.56. The molecule has 2 fully saturated rings. The summed E-state index contributed by atoms with van der Waals surface area (Å²) in [5, 5.41) is 2.86. The van der Waals surface area contributed by atoms with Crippen molar-refractivity contribution in [2.75, 3.05) is 13.7 Å². The molecular formula is C25H35N3O5. The fourth-order valence-corrected chi connectivity index (χ4v) is 4.88. The lowest BCUT2D eigenvalue weighted by atomic mass is 9.81. The molecule has 2 unspecified atom stereocenters. The molecule has 1 aromatic rings. The van der Waals surface area contributed by atoms with Crippen LogP contribution in [-0.4, -0.2) is 59.7 Å². The van der Waals surface area contributed by atoms with Gasteiger partial charge >= 0.3 is 6.03 Å². The molecule has 3 rings (SSSR count). The molecule has 0 radical (unpaired) electrons. The number of rotatable bonds is 10. The summed E-state index contributed by atoms with van der Waals surface area (Å²) in [4.78, 5) is 53.0. The molecule has 0 bridgehead atoms. The Balaban J connectivity index is 1.74. The molecule has 2 atom stereocenters. The Hall–Kier alpha value is -2.90. The normalized spacial score (nSPS) is 20.6. The third-order valence-electron chi connectivity index (χ3n) is 6.46. The lowest BCUT2D eigenvalue weighted by Crippen LogP contribution is -2.62. The number of nitrogens with zero attached hydrogens (tertiary/aromatic N) is 2. The molecule has 1 aliphatic carbocycles. The minimum atomic E-state index is -0.298. The van der Waals surface area contributed by atoms with Gasteiger partial charge in [-0.1, -0.05) is 12.8 Å². The molecule has 0 spiro atoms. The SMILES string of the molecule is COc1ccc(C=O)cc1CN1C(=O)N(CCCCC(=O)NC(C)C)C(=O)C2CCCCC21. The van der Waals surface area contributed by atoms with Gasteiger partial charge in [0, 0.05) is 36.2 Å². The molecule has 1 saturated carbocycles. The van der Waals surface area contributed by atoms with Crippen molar-refractivity contribution in [2.24, 2.45) is 5.92 Å². The van der Waals surface area contributed by atoms with E-state index in [0.717, 1.165) is 37.5 Å². The third kappa shape index (κ3) is 5.92. The van der Waals surface area contributed by atoms with E-state index in [1.54, 1.807) is 30.2 Å². The molecule has 2 aliphatic rings.